The number of ether oxygens (including phenoxy) is 3. The fraction of sp³-hybridized carbons (Fsp3) is 0.576. The number of nitriles is 1. The van der Waals surface area contributed by atoms with Crippen molar-refractivity contribution >= 4 is 5.84 Å². The Balaban J connectivity index is 1.72. The lowest BCUT2D eigenvalue weighted by atomic mass is 10.1. The van der Waals surface area contributed by atoms with E-state index in [1.165, 1.54) is 70.6 Å². The lowest BCUT2D eigenvalue weighted by Gasteiger charge is -2.19. The molecular weight excluding hydrogens is 502 g/mol. The lowest BCUT2D eigenvalue weighted by molar-refractivity contribution is -0.00880. The second-order valence-electron chi connectivity index (χ2n) is 10.4. The van der Waals surface area contributed by atoms with Crippen LogP contribution in [0.25, 0.3) is 0 Å². The number of hydrogen-bond acceptors (Lipinski definition) is 6. The highest BCUT2D eigenvalue weighted by Crippen LogP contribution is 2.17. The molecule has 0 aliphatic carbocycles. The van der Waals surface area contributed by atoms with E-state index in [9.17, 15) is 0 Å². The maximum atomic E-state index is 8.87. The summed E-state index contributed by atoms with van der Waals surface area (Å²) < 4.78 is 18.2. The number of nitrogens with zero attached hydrogens (tertiary/aromatic N) is 2. The molecule has 0 aliphatic rings. The van der Waals surface area contributed by atoms with Crippen LogP contribution < -0.4 is 15.2 Å². The monoisotopic (exact) mass is 551 g/mol. The quantitative estimate of drug-likeness (QED) is 0.0484. The van der Waals surface area contributed by atoms with Crippen LogP contribution in [0.4, 0.5) is 0 Å². The highest BCUT2D eigenvalue weighted by molar-refractivity contribution is 5.82. The van der Waals surface area contributed by atoms with Gasteiger partial charge in [0, 0.05) is 13.0 Å². The molecule has 2 rings (SSSR count). The third kappa shape index (κ3) is 15.4. The van der Waals surface area contributed by atoms with Crippen molar-refractivity contribution in [1.82, 2.24) is 0 Å². The average Bonchev–Trinajstić information content (AvgIpc) is 2.98. The third-order valence-electron chi connectivity index (χ3n) is 6.87. The molecular formula is C33H49N3O4. The van der Waals surface area contributed by atoms with Crippen molar-refractivity contribution in [3.05, 3.63) is 59.7 Å². The van der Waals surface area contributed by atoms with E-state index < -0.39 is 0 Å². The first-order chi connectivity index (χ1) is 19.6. The Morgan fingerprint density at radius 1 is 0.775 bits per heavy atom. The van der Waals surface area contributed by atoms with Gasteiger partial charge in [-0.1, -0.05) is 107 Å². The molecule has 7 nitrogen and oxygen atoms in total. The minimum Gasteiger partial charge on any atom is -0.491 e. The largest absolute Gasteiger partial charge is 0.491 e. The molecule has 220 valence electrons. The zero-order chi connectivity index (χ0) is 28.7. The molecule has 0 heterocycles. The SMILES string of the molecule is CCCCCCCCCCCCCCOC(COc1ccc(CC#N)cc1)COc1ccc(C/C(N)=N/O)cc1. The zero-order valence-electron chi connectivity index (χ0n) is 24.4. The molecule has 0 radical (unpaired) electrons. The van der Waals surface area contributed by atoms with Crippen LogP contribution in [0.2, 0.25) is 0 Å². The van der Waals surface area contributed by atoms with Crippen LogP contribution in [0.5, 0.6) is 11.5 Å². The van der Waals surface area contributed by atoms with Gasteiger partial charge in [0.25, 0.3) is 0 Å². The van der Waals surface area contributed by atoms with Gasteiger partial charge in [-0.2, -0.15) is 5.26 Å². The molecule has 2 aromatic rings. The van der Waals surface area contributed by atoms with Crippen molar-refractivity contribution in [3.8, 4) is 17.6 Å². The molecule has 0 fully saturated rings. The molecule has 40 heavy (non-hydrogen) atoms. The number of rotatable bonds is 23. The van der Waals surface area contributed by atoms with Crippen LogP contribution in [0.3, 0.4) is 0 Å². The number of hydrogen-bond donors (Lipinski definition) is 2. The molecule has 7 heteroatoms. The van der Waals surface area contributed by atoms with Crippen molar-refractivity contribution in [2.24, 2.45) is 10.9 Å². The van der Waals surface area contributed by atoms with Crippen LogP contribution >= 0.6 is 0 Å². The maximum Gasteiger partial charge on any atom is 0.143 e. The van der Waals surface area contributed by atoms with Crippen molar-refractivity contribution in [1.29, 1.82) is 5.26 Å². The Morgan fingerprint density at radius 3 is 1.73 bits per heavy atom. The number of oxime groups is 1. The second-order valence-corrected chi connectivity index (χ2v) is 10.4. The summed E-state index contributed by atoms with van der Waals surface area (Å²) in [6.45, 7) is 3.68. The van der Waals surface area contributed by atoms with Gasteiger partial charge < -0.3 is 25.2 Å². The Morgan fingerprint density at radius 2 is 1.25 bits per heavy atom. The molecule has 1 unspecified atom stereocenters. The molecule has 0 aromatic heterocycles. The Bertz CT molecular complexity index is 971. The van der Waals surface area contributed by atoms with Gasteiger partial charge in [0.15, 0.2) is 0 Å². The topological polar surface area (TPSA) is 110 Å². The molecule has 0 amide bonds. The summed E-state index contributed by atoms with van der Waals surface area (Å²) in [7, 11) is 0. The number of benzene rings is 2. The Labute approximate surface area is 241 Å². The molecule has 1 atom stereocenters. The summed E-state index contributed by atoms with van der Waals surface area (Å²) in [5, 5.41) is 20.6. The molecule has 0 spiro atoms. The fourth-order valence-corrected chi connectivity index (χ4v) is 4.46. The standard InChI is InChI=1S/C33H49N3O4/c1-2-3-4-5-6-7-8-9-10-11-12-13-24-38-32(26-39-30-18-14-28(15-19-30)22-23-34)27-40-31-20-16-29(17-21-31)25-33(35)36-37/h14-21,32,37H,2-13,22,24-27H2,1H3,(H2,35,36). The van der Waals surface area contributed by atoms with Crippen molar-refractivity contribution in [2.75, 3.05) is 19.8 Å². The lowest BCUT2D eigenvalue weighted by Crippen LogP contribution is -2.29. The van der Waals surface area contributed by atoms with Crippen molar-refractivity contribution < 1.29 is 19.4 Å². The van der Waals surface area contributed by atoms with E-state index in [2.05, 4.69) is 18.1 Å². The summed E-state index contributed by atoms with van der Waals surface area (Å²) in [5.74, 6) is 1.63. The van der Waals surface area contributed by atoms with Gasteiger partial charge in [-0.15, -0.1) is 0 Å². The summed E-state index contributed by atoms with van der Waals surface area (Å²) in [4.78, 5) is 0. The average molecular weight is 552 g/mol. The van der Waals surface area contributed by atoms with Crippen LogP contribution in [0, 0.1) is 11.3 Å². The summed E-state index contributed by atoms with van der Waals surface area (Å²) in [6.07, 6.45) is 16.3. The highest BCUT2D eigenvalue weighted by Gasteiger charge is 2.12. The molecule has 0 bridgehead atoms. The molecule has 0 saturated carbocycles. The van der Waals surface area contributed by atoms with E-state index in [-0.39, 0.29) is 11.9 Å². The molecule has 3 N–H and O–H groups in total. The summed E-state index contributed by atoms with van der Waals surface area (Å²) in [5.41, 5.74) is 7.49. The Hall–Kier alpha value is -3.24. The van der Waals surface area contributed by atoms with Gasteiger partial charge >= 0.3 is 0 Å². The van der Waals surface area contributed by atoms with E-state index in [1.54, 1.807) is 0 Å². The van der Waals surface area contributed by atoms with Gasteiger partial charge in [-0.05, 0) is 41.8 Å². The van der Waals surface area contributed by atoms with E-state index in [0.717, 1.165) is 29.0 Å². The normalized spacial score (nSPS) is 12.2. The third-order valence-corrected chi connectivity index (χ3v) is 6.87. The van der Waals surface area contributed by atoms with E-state index >= 15 is 0 Å². The maximum absolute atomic E-state index is 8.87. The van der Waals surface area contributed by atoms with Crippen molar-refractivity contribution in [3.63, 3.8) is 0 Å². The van der Waals surface area contributed by atoms with E-state index in [4.69, 9.17) is 30.4 Å². The summed E-state index contributed by atoms with van der Waals surface area (Å²) in [6, 6.07) is 17.3. The molecule has 0 saturated heterocycles. The van der Waals surface area contributed by atoms with Crippen LogP contribution in [-0.4, -0.2) is 37.0 Å². The van der Waals surface area contributed by atoms with Gasteiger partial charge in [-0.25, -0.2) is 0 Å². The zero-order valence-corrected chi connectivity index (χ0v) is 24.4. The van der Waals surface area contributed by atoms with E-state index in [0.29, 0.717) is 32.7 Å². The van der Waals surface area contributed by atoms with Gasteiger partial charge in [0.05, 0.1) is 12.5 Å². The van der Waals surface area contributed by atoms with Gasteiger partial charge in [0.2, 0.25) is 0 Å². The fourth-order valence-electron chi connectivity index (χ4n) is 4.46. The van der Waals surface area contributed by atoms with E-state index in [1.807, 2.05) is 48.5 Å². The van der Waals surface area contributed by atoms with Crippen molar-refractivity contribution in [2.45, 2.75) is 103 Å². The summed E-state index contributed by atoms with van der Waals surface area (Å²) >= 11 is 0. The van der Waals surface area contributed by atoms with Crippen LogP contribution in [-0.2, 0) is 17.6 Å². The second kappa shape index (κ2) is 21.6. The number of nitrogens with two attached hydrogens (primary N) is 1. The van der Waals surface area contributed by atoms with Gasteiger partial charge in [0.1, 0.15) is 36.7 Å². The minimum atomic E-state index is -0.219. The first-order valence-electron chi connectivity index (χ1n) is 15.0. The van der Waals surface area contributed by atoms with Crippen LogP contribution in [0.1, 0.15) is 95.1 Å². The number of unbranched alkanes of at least 4 members (excludes halogenated alkanes) is 11. The van der Waals surface area contributed by atoms with Crippen LogP contribution in [0.15, 0.2) is 53.7 Å². The first-order valence-corrected chi connectivity index (χ1v) is 15.0. The minimum absolute atomic E-state index is 0.165. The molecule has 0 aliphatic heterocycles. The molecule has 2 aromatic carbocycles. The number of amidine groups is 1. The predicted octanol–water partition coefficient (Wildman–Crippen LogP) is 7.59. The smallest absolute Gasteiger partial charge is 0.143 e. The predicted molar refractivity (Wildman–Crippen MR) is 161 cm³/mol. The highest BCUT2D eigenvalue weighted by atomic mass is 16.6. The van der Waals surface area contributed by atoms with Gasteiger partial charge in [-0.3, -0.25) is 0 Å². The first kappa shape index (κ1) is 33.0. The Kier molecular flexibility index (Phi) is 17.8.